The van der Waals surface area contributed by atoms with Crippen molar-refractivity contribution >= 4 is 44.3 Å². The first-order valence-corrected chi connectivity index (χ1v) is 8.78. The molecule has 0 aliphatic heterocycles. The SMILES string of the molecule is Cc1ccc2nc(CSc3ncnc4sc(C)cc34)[nH]c2c1. The van der Waals surface area contributed by atoms with E-state index < -0.39 is 0 Å². The van der Waals surface area contributed by atoms with Crippen molar-refractivity contribution < 1.29 is 0 Å². The Bertz CT molecular complexity index is 971. The summed E-state index contributed by atoms with van der Waals surface area (Å²) in [5, 5.41) is 2.16. The number of thiophene rings is 1. The van der Waals surface area contributed by atoms with Crippen LogP contribution >= 0.6 is 23.1 Å². The Hall–Kier alpha value is -1.92. The van der Waals surface area contributed by atoms with E-state index in [0.717, 1.165) is 37.9 Å². The molecule has 0 aliphatic rings. The van der Waals surface area contributed by atoms with Gasteiger partial charge in [0.1, 0.15) is 22.0 Å². The summed E-state index contributed by atoms with van der Waals surface area (Å²) in [5.41, 5.74) is 3.34. The molecule has 0 amide bonds. The van der Waals surface area contributed by atoms with Gasteiger partial charge in [-0.1, -0.05) is 17.8 Å². The summed E-state index contributed by atoms with van der Waals surface area (Å²) in [6.45, 7) is 4.19. The van der Waals surface area contributed by atoms with Crippen LogP contribution in [0.25, 0.3) is 21.3 Å². The molecule has 0 fully saturated rings. The van der Waals surface area contributed by atoms with Crippen LogP contribution in [0.1, 0.15) is 16.3 Å². The number of aromatic amines is 1. The fourth-order valence-corrected chi connectivity index (χ4v) is 4.21. The highest BCUT2D eigenvalue weighted by atomic mass is 32.2. The molecule has 4 rings (SSSR count). The van der Waals surface area contributed by atoms with Gasteiger partial charge in [0.15, 0.2) is 0 Å². The first-order chi connectivity index (χ1) is 10.7. The summed E-state index contributed by atoms with van der Waals surface area (Å²) in [4.78, 5) is 19.1. The van der Waals surface area contributed by atoms with Crippen molar-refractivity contribution in [2.75, 3.05) is 0 Å². The van der Waals surface area contributed by atoms with Crippen LogP contribution in [-0.4, -0.2) is 19.9 Å². The van der Waals surface area contributed by atoms with Crippen LogP contribution in [0, 0.1) is 13.8 Å². The highest BCUT2D eigenvalue weighted by Gasteiger charge is 2.09. The molecule has 0 saturated carbocycles. The molecule has 3 heterocycles. The lowest BCUT2D eigenvalue weighted by molar-refractivity contribution is 1.09. The zero-order chi connectivity index (χ0) is 15.1. The van der Waals surface area contributed by atoms with Gasteiger partial charge in [-0.25, -0.2) is 15.0 Å². The van der Waals surface area contributed by atoms with E-state index in [1.54, 1.807) is 29.4 Å². The molecule has 1 N–H and O–H groups in total. The van der Waals surface area contributed by atoms with Crippen molar-refractivity contribution in [3.8, 4) is 0 Å². The zero-order valence-electron chi connectivity index (χ0n) is 12.3. The largest absolute Gasteiger partial charge is 0.341 e. The monoisotopic (exact) mass is 326 g/mol. The minimum Gasteiger partial charge on any atom is -0.341 e. The smallest absolute Gasteiger partial charge is 0.128 e. The van der Waals surface area contributed by atoms with Gasteiger partial charge in [-0.3, -0.25) is 0 Å². The van der Waals surface area contributed by atoms with Gasteiger partial charge in [-0.15, -0.1) is 11.3 Å². The molecular weight excluding hydrogens is 312 g/mol. The fourth-order valence-electron chi connectivity index (χ4n) is 2.45. The van der Waals surface area contributed by atoms with Crippen LogP contribution in [0.5, 0.6) is 0 Å². The van der Waals surface area contributed by atoms with Crippen molar-refractivity contribution in [1.82, 2.24) is 19.9 Å². The molecule has 1 aromatic carbocycles. The third-order valence-electron chi connectivity index (χ3n) is 3.45. The van der Waals surface area contributed by atoms with Gasteiger partial charge < -0.3 is 4.98 Å². The number of aryl methyl sites for hydroxylation is 2. The van der Waals surface area contributed by atoms with E-state index in [2.05, 4.69) is 58.0 Å². The number of benzene rings is 1. The highest BCUT2D eigenvalue weighted by molar-refractivity contribution is 7.98. The average molecular weight is 326 g/mol. The van der Waals surface area contributed by atoms with Gasteiger partial charge in [-0.2, -0.15) is 0 Å². The molecule has 0 atom stereocenters. The number of fused-ring (bicyclic) bond motifs is 2. The Morgan fingerprint density at radius 1 is 1.18 bits per heavy atom. The molecule has 4 nitrogen and oxygen atoms in total. The van der Waals surface area contributed by atoms with Gasteiger partial charge in [0.05, 0.1) is 16.8 Å². The Balaban J connectivity index is 1.62. The molecule has 6 heteroatoms. The van der Waals surface area contributed by atoms with Gasteiger partial charge in [0.2, 0.25) is 0 Å². The van der Waals surface area contributed by atoms with Gasteiger partial charge in [-0.05, 0) is 37.6 Å². The number of imidazole rings is 1. The molecule has 110 valence electrons. The molecule has 3 aromatic heterocycles. The third kappa shape index (κ3) is 2.48. The Morgan fingerprint density at radius 2 is 2.09 bits per heavy atom. The number of hydrogen-bond acceptors (Lipinski definition) is 5. The zero-order valence-corrected chi connectivity index (χ0v) is 13.9. The number of nitrogens with one attached hydrogen (secondary N) is 1. The van der Waals surface area contributed by atoms with E-state index in [9.17, 15) is 0 Å². The molecule has 22 heavy (non-hydrogen) atoms. The maximum absolute atomic E-state index is 4.64. The van der Waals surface area contributed by atoms with E-state index in [1.165, 1.54) is 10.4 Å². The van der Waals surface area contributed by atoms with E-state index >= 15 is 0 Å². The van der Waals surface area contributed by atoms with Crippen molar-refractivity contribution in [2.45, 2.75) is 24.6 Å². The molecular formula is C16H14N4S2. The Kier molecular flexibility index (Phi) is 3.35. The van der Waals surface area contributed by atoms with Crippen LogP contribution in [0.15, 0.2) is 35.6 Å². The Morgan fingerprint density at radius 3 is 3.00 bits per heavy atom. The summed E-state index contributed by atoms with van der Waals surface area (Å²) < 4.78 is 0. The fraction of sp³-hybridized carbons (Fsp3) is 0.188. The maximum atomic E-state index is 4.64. The van der Waals surface area contributed by atoms with E-state index in [1.807, 2.05) is 0 Å². The number of rotatable bonds is 3. The van der Waals surface area contributed by atoms with Crippen LogP contribution in [0.2, 0.25) is 0 Å². The molecule has 0 radical (unpaired) electrons. The van der Waals surface area contributed by atoms with Crippen molar-refractivity contribution in [3.63, 3.8) is 0 Å². The lowest BCUT2D eigenvalue weighted by atomic mass is 10.2. The van der Waals surface area contributed by atoms with Gasteiger partial charge in [0, 0.05) is 10.3 Å². The Labute approximate surface area is 136 Å². The van der Waals surface area contributed by atoms with Crippen molar-refractivity contribution in [1.29, 1.82) is 0 Å². The first-order valence-electron chi connectivity index (χ1n) is 6.98. The van der Waals surface area contributed by atoms with Crippen LogP contribution in [0.4, 0.5) is 0 Å². The van der Waals surface area contributed by atoms with E-state index in [4.69, 9.17) is 0 Å². The molecule has 0 aliphatic carbocycles. The summed E-state index contributed by atoms with van der Waals surface area (Å²) in [6.07, 6.45) is 1.64. The second kappa shape index (κ2) is 5.37. The lowest BCUT2D eigenvalue weighted by Gasteiger charge is -1.99. The number of thioether (sulfide) groups is 1. The predicted molar refractivity (Wildman–Crippen MR) is 92.5 cm³/mol. The molecule has 0 saturated heterocycles. The number of H-pyrrole nitrogens is 1. The average Bonchev–Trinajstić information content (AvgIpc) is 3.06. The summed E-state index contributed by atoms with van der Waals surface area (Å²) in [5.74, 6) is 1.75. The third-order valence-corrected chi connectivity index (χ3v) is 5.42. The topological polar surface area (TPSA) is 54.5 Å². The van der Waals surface area contributed by atoms with Crippen molar-refractivity contribution in [2.24, 2.45) is 0 Å². The maximum Gasteiger partial charge on any atom is 0.128 e. The normalized spacial score (nSPS) is 11.5. The predicted octanol–water partition coefficient (Wildman–Crippen LogP) is 4.48. The second-order valence-electron chi connectivity index (χ2n) is 5.25. The summed E-state index contributed by atoms with van der Waals surface area (Å²) in [6, 6.07) is 8.43. The quantitative estimate of drug-likeness (QED) is 0.445. The summed E-state index contributed by atoms with van der Waals surface area (Å²) >= 11 is 3.40. The van der Waals surface area contributed by atoms with Crippen LogP contribution in [0.3, 0.4) is 0 Å². The van der Waals surface area contributed by atoms with E-state index in [-0.39, 0.29) is 0 Å². The highest BCUT2D eigenvalue weighted by Crippen LogP contribution is 2.31. The van der Waals surface area contributed by atoms with Gasteiger partial charge in [0.25, 0.3) is 0 Å². The van der Waals surface area contributed by atoms with Crippen LogP contribution in [-0.2, 0) is 5.75 Å². The van der Waals surface area contributed by atoms with E-state index in [0.29, 0.717) is 0 Å². The molecule has 0 bridgehead atoms. The minimum absolute atomic E-state index is 0.773. The molecule has 0 unspecified atom stereocenters. The van der Waals surface area contributed by atoms with Crippen LogP contribution < -0.4 is 0 Å². The van der Waals surface area contributed by atoms with Crippen molar-refractivity contribution in [3.05, 3.63) is 46.9 Å². The molecule has 0 spiro atoms. The number of hydrogen-bond donors (Lipinski definition) is 1. The number of aromatic nitrogens is 4. The lowest BCUT2D eigenvalue weighted by Crippen LogP contribution is -1.87. The summed E-state index contributed by atoms with van der Waals surface area (Å²) in [7, 11) is 0. The first kappa shape index (κ1) is 13.7. The molecule has 4 aromatic rings. The minimum atomic E-state index is 0.773. The van der Waals surface area contributed by atoms with Gasteiger partial charge >= 0.3 is 0 Å². The standard InChI is InChI=1S/C16H14N4S2/c1-9-3-4-12-13(5-9)20-14(19-12)7-21-15-11-6-10(2)22-16(11)18-8-17-15/h3-6,8H,7H2,1-2H3,(H,19,20). The second-order valence-corrected chi connectivity index (χ2v) is 7.45. The number of nitrogens with zero attached hydrogens (tertiary/aromatic N) is 3.